The Bertz CT molecular complexity index is 5320. The highest BCUT2D eigenvalue weighted by molar-refractivity contribution is 7.00. The molecule has 16 aromatic rings. The van der Waals surface area contributed by atoms with Gasteiger partial charge in [0.15, 0.2) is 0 Å². The largest absolute Gasteiger partial charge is 0.455 e. The first-order chi connectivity index (χ1) is 44.7. The third-order valence-electron chi connectivity index (χ3n) is 18.9. The lowest BCUT2D eigenvalue weighted by Crippen LogP contribution is -2.61. The van der Waals surface area contributed by atoms with E-state index in [9.17, 15) is 0 Å². The van der Waals surface area contributed by atoms with Crippen LogP contribution in [0.3, 0.4) is 0 Å². The average Bonchev–Trinajstić information content (AvgIpc) is 0.811. The van der Waals surface area contributed by atoms with Crippen molar-refractivity contribution in [2.24, 2.45) is 0 Å². The fourth-order valence-electron chi connectivity index (χ4n) is 15.0. The molecule has 0 bridgehead atoms. The maximum atomic E-state index is 6.85. The molecule has 2 aliphatic heterocycles. The second kappa shape index (κ2) is 21.0. The molecule has 0 fully saturated rings. The van der Waals surface area contributed by atoms with E-state index in [1.54, 1.807) is 0 Å². The molecule has 0 unspecified atom stereocenters. The van der Waals surface area contributed by atoms with E-state index in [0.29, 0.717) is 0 Å². The van der Waals surface area contributed by atoms with Crippen molar-refractivity contribution >= 4 is 101 Å². The van der Waals surface area contributed by atoms with Gasteiger partial charge in [-0.05, 0) is 113 Å². The van der Waals surface area contributed by atoms with E-state index in [2.05, 4.69) is 343 Å². The smallest absolute Gasteiger partial charge is 0.252 e. The summed E-state index contributed by atoms with van der Waals surface area (Å²) in [6, 6.07) is 123. The van der Waals surface area contributed by atoms with Gasteiger partial charge >= 0.3 is 0 Å². The molecule has 3 heterocycles. The highest BCUT2D eigenvalue weighted by Gasteiger charge is 2.45. The van der Waals surface area contributed by atoms with Crippen LogP contribution >= 0.6 is 0 Å². The van der Waals surface area contributed by atoms with Gasteiger partial charge in [-0.1, -0.05) is 303 Å². The first-order valence-corrected chi connectivity index (χ1v) is 31.1. The van der Waals surface area contributed by atoms with Crippen LogP contribution in [-0.4, -0.2) is 6.71 Å². The molecular formula is C86H55BN2O. The number of benzene rings is 15. The van der Waals surface area contributed by atoms with Gasteiger partial charge in [-0.15, -0.1) is 0 Å². The summed E-state index contributed by atoms with van der Waals surface area (Å²) in [5.74, 6) is 0. The first-order valence-electron chi connectivity index (χ1n) is 31.1. The monoisotopic (exact) mass is 1140 g/mol. The number of hydrogen-bond acceptors (Lipinski definition) is 3. The van der Waals surface area contributed by atoms with Crippen molar-refractivity contribution in [3.8, 4) is 77.9 Å². The van der Waals surface area contributed by atoms with Crippen LogP contribution in [0.4, 0.5) is 34.1 Å². The summed E-state index contributed by atoms with van der Waals surface area (Å²) >= 11 is 0. The second-order valence-electron chi connectivity index (χ2n) is 23.7. The Labute approximate surface area is 523 Å². The van der Waals surface area contributed by atoms with Crippen LogP contribution in [0.1, 0.15) is 0 Å². The summed E-state index contributed by atoms with van der Waals surface area (Å²) in [5.41, 5.74) is 28.4. The summed E-state index contributed by atoms with van der Waals surface area (Å²) in [6.07, 6.45) is 0. The molecule has 3 nitrogen and oxygen atoms in total. The van der Waals surface area contributed by atoms with Gasteiger partial charge in [-0.2, -0.15) is 0 Å². The lowest BCUT2D eigenvalue weighted by atomic mass is 9.33. The van der Waals surface area contributed by atoms with Crippen molar-refractivity contribution in [2.45, 2.75) is 0 Å². The second-order valence-corrected chi connectivity index (χ2v) is 23.7. The Morgan fingerprint density at radius 3 is 1.16 bits per heavy atom. The number of nitrogens with zero attached hydrogens (tertiary/aromatic N) is 2. The molecule has 0 spiro atoms. The van der Waals surface area contributed by atoms with Gasteiger partial charge < -0.3 is 14.2 Å². The maximum Gasteiger partial charge on any atom is 0.252 e. The lowest BCUT2D eigenvalue weighted by molar-refractivity contribution is 0.670. The van der Waals surface area contributed by atoms with Gasteiger partial charge in [0.25, 0.3) is 6.71 Å². The molecule has 90 heavy (non-hydrogen) atoms. The van der Waals surface area contributed by atoms with Gasteiger partial charge in [-0.25, -0.2) is 0 Å². The molecule has 0 N–H and O–H groups in total. The maximum absolute atomic E-state index is 6.85. The molecule has 418 valence electrons. The van der Waals surface area contributed by atoms with Crippen LogP contribution in [0, 0.1) is 0 Å². The van der Waals surface area contributed by atoms with E-state index >= 15 is 0 Å². The van der Waals surface area contributed by atoms with Crippen molar-refractivity contribution in [1.29, 1.82) is 0 Å². The van der Waals surface area contributed by atoms with Crippen LogP contribution in [0.25, 0.3) is 121 Å². The molecule has 1 aromatic heterocycles. The zero-order valence-electron chi connectivity index (χ0n) is 49.1. The first kappa shape index (κ1) is 51.5. The number of hydrogen-bond donors (Lipinski definition) is 0. The number of rotatable bonds is 9. The molecule has 0 saturated carbocycles. The highest BCUT2D eigenvalue weighted by Crippen LogP contribution is 2.54. The van der Waals surface area contributed by atoms with Crippen molar-refractivity contribution in [3.63, 3.8) is 0 Å². The predicted molar refractivity (Wildman–Crippen MR) is 381 cm³/mol. The van der Waals surface area contributed by atoms with Crippen LogP contribution in [0.5, 0.6) is 0 Å². The molecule has 2 aliphatic rings. The van der Waals surface area contributed by atoms with Crippen molar-refractivity contribution < 1.29 is 4.42 Å². The molecule has 15 aromatic carbocycles. The molecule has 0 amide bonds. The molecule has 18 rings (SSSR count). The van der Waals surface area contributed by atoms with E-state index in [1.807, 2.05) is 0 Å². The predicted octanol–water partition coefficient (Wildman–Crippen LogP) is 21.6. The minimum Gasteiger partial charge on any atom is -0.455 e. The minimum absolute atomic E-state index is 0.181. The highest BCUT2D eigenvalue weighted by atomic mass is 16.3. The Morgan fingerprint density at radius 2 is 0.633 bits per heavy atom. The van der Waals surface area contributed by atoms with Gasteiger partial charge in [-0.3, -0.25) is 0 Å². The molecule has 0 aliphatic carbocycles. The SMILES string of the molecule is c1ccc(-c2ccc3c(c2)B2c4ccc(-c5c6ccccc6c(-c6cccc7c6oc6ccccc67)c6ccccc56)cc4N(c4c(-c5ccccc5)cccc4-c4ccccc4)c4cccc(c42)N3c2c(-c3ccccc3)cccc2-c2ccccc2)cc1. The molecule has 0 saturated heterocycles. The van der Waals surface area contributed by atoms with E-state index < -0.39 is 0 Å². The fraction of sp³-hybridized carbons (Fsp3) is 0. The van der Waals surface area contributed by atoms with Gasteiger partial charge in [0.05, 0.1) is 11.4 Å². The van der Waals surface area contributed by atoms with Gasteiger partial charge in [0.1, 0.15) is 11.2 Å². The number of furan rings is 1. The van der Waals surface area contributed by atoms with Gasteiger partial charge in [0.2, 0.25) is 0 Å². The summed E-state index contributed by atoms with van der Waals surface area (Å²) in [4.78, 5) is 5.25. The van der Waals surface area contributed by atoms with Crippen molar-refractivity contribution in [1.82, 2.24) is 0 Å². The van der Waals surface area contributed by atoms with E-state index in [0.717, 1.165) is 112 Å². The van der Waals surface area contributed by atoms with Crippen molar-refractivity contribution in [3.05, 3.63) is 334 Å². The van der Waals surface area contributed by atoms with Crippen molar-refractivity contribution in [2.75, 3.05) is 9.80 Å². The minimum atomic E-state index is -0.181. The third kappa shape index (κ3) is 8.08. The quantitative estimate of drug-likeness (QED) is 0.106. The lowest BCUT2D eigenvalue weighted by Gasteiger charge is -2.45. The standard InChI is InChI=1S/C86H55BN2O/c1-6-26-56(27-7-1)61-51-53-76-75(54-61)87-74-52-50-62(81-68-37-16-18-39-70(68)82(71-40-19-17-38-69(71)81)73-46-24-45-72-67-36-20-21-49-80(67)90-86(72)73)55-79(74)89(85-65(59-32-12-4-13-33-59)43-23-44-66(85)60-34-14-5-15-35-60)78-48-25-47-77(83(78)87)88(76)84-63(57-28-8-2-9-29-57)41-22-42-64(84)58-30-10-3-11-31-58/h1-55H. The summed E-state index contributed by atoms with van der Waals surface area (Å²) in [7, 11) is 0. The van der Waals surface area contributed by atoms with E-state index in [1.165, 1.54) is 60.2 Å². The van der Waals surface area contributed by atoms with Crippen LogP contribution in [-0.2, 0) is 0 Å². The van der Waals surface area contributed by atoms with Crippen LogP contribution in [0.2, 0.25) is 0 Å². The normalized spacial score (nSPS) is 12.4. The average molecular weight is 1140 g/mol. The number of para-hydroxylation sites is 4. The zero-order valence-corrected chi connectivity index (χ0v) is 49.1. The Balaban J connectivity index is 0.960. The van der Waals surface area contributed by atoms with Gasteiger partial charge in [0, 0.05) is 66.9 Å². The fourth-order valence-corrected chi connectivity index (χ4v) is 15.0. The zero-order chi connectivity index (χ0) is 59.2. The summed E-state index contributed by atoms with van der Waals surface area (Å²) < 4.78 is 6.85. The third-order valence-corrected chi connectivity index (χ3v) is 18.9. The van der Waals surface area contributed by atoms with Crippen LogP contribution < -0.4 is 26.2 Å². The number of fused-ring (bicyclic) bond motifs is 9. The van der Waals surface area contributed by atoms with E-state index in [4.69, 9.17) is 4.42 Å². The van der Waals surface area contributed by atoms with E-state index in [-0.39, 0.29) is 6.71 Å². The van der Waals surface area contributed by atoms with Crippen LogP contribution in [0.15, 0.2) is 338 Å². The summed E-state index contributed by atoms with van der Waals surface area (Å²) in [6.45, 7) is -0.181. The Kier molecular flexibility index (Phi) is 12.0. The molecule has 4 heteroatoms. The summed E-state index contributed by atoms with van der Waals surface area (Å²) in [5, 5.41) is 6.93. The Hall–Kier alpha value is -11.7. The molecule has 0 radical (unpaired) electrons. The topological polar surface area (TPSA) is 19.6 Å². The molecular weight excluding hydrogens is 1090 g/mol. The number of anilines is 6. The Morgan fingerprint density at radius 1 is 0.233 bits per heavy atom. The molecule has 0 atom stereocenters.